The first-order chi connectivity index (χ1) is 33.0. The molecule has 13 heteroatoms. The van der Waals surface area contributed by atoms with Gasteiger partial charge in [-0.1, -0.05) is 115 Å². The zero-order chi connectivity index (χ0) is 47.8. The Morgan fingerprint density at radius 3 is 1.24 bits per heavy atom. The van der Waals surface area contributed by atoms with Gasteiger partial charge in [-0.2, -0.15) is 0 Å². The number of para-hydroxylation sites is 2. The molecule has 13 nitrogen and oxygen atoms in total. The molecule has 0 aliphatic carbocycles. The number of ether oxygens (including phenoxy) is 2. The summed E-state index contributed by atoms with van der Waals surface area (Å²) in [6, 6.07) is 50.1. The summed E-state index contributed by atoms with van der Waals surface area (Å²) < 4.78 is 12.1. The fraction of sp³-hybridized carbons (Fsp3) is 0.182. The number of nitrogens with zero attached hydrogens (tertiary/aromatic N) is 3. The Hall–Kier alpha value is -8.45. The van der Waals surface area contributed by atoms with E-state index in [9.17, 15) is 29.4 Å². The molecule has 0 aliphatic rings. The summed E-state index contributed by atoms with van der Waals surface area (Å²) in [6.07, 6.45) is 0.381. The van der Waals surface area contributed by atoms with Crippen LogP contribution in [0.15, 0.2) is 176 Å². The van der Waals surface area contributed by atoms with Crippen LogP contribution < -0.4 is 29.9 Å². The molecule has 2 atom stereocenters. The van der Waals surface area contributed by atoms with Crippen LogP contribution in [-0.4, -0.2) is 91.2 Å². The fourth-order valence-corrected chi connectivity index (χ4v) is 7.46. The van der Waals surface area contributed by atoms with Crippen molar-refractivity contribution in [2.24, 2.45) is 0 Å². The predicted molar refractivity (Wildman–Crippen MR) is 265 cm³/mol. The molecule has 6 aromatic carbocycles. The molecule has 0 saturated heterocycles. The summed E-state index contributed by atoms with van der Waals surface area (Å²) in [5, 5.41) is 26.3. The molecule has 0 spiro atoms. The number of aliphatic carboxylic acids is 2. The van der Waals surface area contributed by atoms with Crippen LogP contribution in [0.1, 0.15) is 43.0 Å². The number of aromatic nitrogens is 1. The van der Waals surface area contributed by atoms with Gasteiger partial charge in [-0.25, -0.2) is 14.6 Å². The number of benzene rings is 6. The highest BCUT2D eigenvalue weighted by Gasteiger charge is 2.23. The van der Waals surface area contributed by atoms with E-state index < -0.39 is 24.0 Å². The van der Waals surface area contributed by atoms with E-state index in [-0.39, 0.29) is 24.4 Å². The van der Waals surface area contributed by atoms with E-state index in [1.165, 1.54) is 0 Å². The minimum atomic E-state index is -1.03. The van der Waals surface area contributed by atoms with Gasteiger partial charge in [0.25, 0.3) is 0 Å². The third-order valence-corrected chi connectivity index (χ3v) is 11.3. The number of carboxylic acids is 2. The second kappa shape index (κ2) is 23.1. The van der Waals surface area contributed by atoms with Crippen LogP contribution in [0.4, 0.5) is 23.0 Å². The summed E-state index contributed by atoms with van der Waals surface area (Å²) in [4.78, 5) is 59.9. The molecule has 0 fully saturated rings. The van der Waals surface area contributed by atoms with Crippen LogP contribution in [-0.2, 0) is 22.4 Å². The van der Waals surface area contributed by atoms with Gasteiger partial charge in [0.15, 0.2) is 11.6 Å². The van der Waals surface area contributed by atoms with Crippen molar-refractivity contribution in [1.82, 2.24) is 4.98 Å². The SMILES string of the molecule is CN(CCOc1ccc(C[C@H](Nc2ccccc2C(=O)c2ccccc2)C(=O)O)cc1)c1cccc(N(C)CCOc2ccc(C[C@H](Nc3ccccc3C(=O)c3ccccc3)C(=O)O)cc2)n1. The van der Waals surface area contributed by atoms with Gasteiger partial charge >= 0.3 is 11.9 Å². The van der Waals surface area contributed by atoms with E-state index in [1.807, 2.05) is 103 Å². The average Bonchev–Trinajstić information content (AvgIpc) is 3.37. The highest BCUT2D eigenvalue weighted by Crippen LogP contribution is 2.25. The van der Waals surface area contributed by atoms with Crippen molar-refractivity contribution in [3.05, 3.63) is 209 Å². The zero-order valence-corrected chi connectivity index (χ0v) is 37.8. The Bertz CT molecular complexity index is 2600. The van der Waals surface area contributed by atoms with Crippen molar-refractivity contribution < 1.29 is 38.9 Å². The van der Waals surface area contributed by atoms with Crippen molar-refractivity contribution in [3.63, 3.8) is 0 Å². The Balaban J connectivity index is 0.849. The maximum absolute atomic E-state index is 13.2. The molecular weight excluding hydrogens is 859 g/mol. The normalized spacial score (nSPS) is 11.7. The molecular formula is C55H53N5O8. The minimum absolute atomic E-state index is 0.190. The highest BCUT2D eigenvalue weighted by molar-refractivity contribution is 6.13. The van der Waals surface area contributed by atoms with Crippen molar-refractivity contribution in [2.45, 2.75) is 24.9 Å². The maximum Gasteiger partial charge on any atom is 0.326 e. The lowest BCUT2D eigenvalue weighted by Gasteiger charge is -2.23. The van der Waals surface area contributed by atoms with E-state index in [2.05, 4.69) is 10.6 Å². The maximum atomic E-state index is 13.2. The minimum Gasteiger partial charge on any atom is -0.492 e. The summed E-state index contributed by atoms with van der Waals surface area (Å²) in [7, 11) is 3.88. The third-order valence-electron chi connectivity index (χ3n) is 11.3. The Morgan fingerprint density at radius 1 is 0.485 bits per heavy atom. The van der Waals surface area contributed by atoms with Crippen LogP contribution >= 0.6 is 0 Å². The number of anilines is 4. The lowest BCUT2D eigenvalue weighted by Crippen LogP contribution is -2.32. The Labute approximate surface area is 395 Å². The topological polar surface area (TPSA) is 171 Å². The van der Waals surface area contributed by atoms with E-state index in [0.717, 1.165) is 22.8 Å². The molecule has 0 bridgehead atoms. The van der Waals surface area contributed by atoms with Gasteiger partial charge in [0, 0.05) is 60.6 Å². The molecule has 7 aromatic rings. The number of rotatable bonds is 24. The van der Waals surface area contributed by atoms with Gasteiger partial charge in [-0.3, -0.25) is 9.59 Å². The number of hydrogen-bond acceptors (Lipinski definition) is 11. The first-order valence-electron chi connectivity index (χ1n) is 22.2. The number of nitrogens with one attached hydrogen (secondary N) is 2. The second-order valence-electron chi connectivity index (χ2n) is 16.1. The van der Waals surface area contributed by atoms with Gasteiger partial charge in [0.1, 0.15) is 48.4 Å². The quantitative estimate of drug-likeness (QED) is 0.0425. The monoisotopic (exact) mass is 911 g/mol. The van der Waals surface area contributed by atoms with Gasteiger partial charge < -0.3 is 40.1 Å². The molecule has 0 saturated carbocycles. The van der Waals surface area contributed by atoms with E-state index >= 15 is 0 Å². The molecule has 7 rings (SSSR count). The van der Waals surface area contributed by atoms with Gasteiger partial charge in [-0.15, -0.1) is 0 Å². The number of hydrogen-bond donors (Lipinski definition) is 4. The number of likely N-dealkylation sites (N-methyl/N-ethyl adjacent to an activating group) is 2. The van der Waals surface area contributed by atoms with E-state index in [0.29, 0.717) is 71.4 Å². The number of pyridine rings is 1. The summed E-state index contributed by atoms with van der Waals surface area (Å²) in [5.74, 6) is 0.382. The fourth-order valence-electron chi connectivity index (χ4n) is 7.46. The molecule has 0 unspecified atom stereocenters. The first kappa shape index (κ1) is 47.5. The summed E-state index contributed by atoms with van der Waals surface area (Å²) in [6.45, 7) is 1.87. The number of ketones is 2. The van der Waals surface area contributed by atoms with Crippen molar-refractivity contribution in [1.29, 1.82) is 0 Å². The zero-order valence-electron chi connectivity index (χ0n) is 37.8. The lowest BCUT2D eigenvalue weighted by molar-refractivity contribution is -0.138. The Kier molecular flexibility index (Phi) is 16.2. The first-order valence-corrected chi connectivity index (χ1v) is 22.2. The lowest BCUT2D eigenvalue weighted by atomic mass is 10.00. The number of carbonyl (C=O) groups excluding carboxylic acids is 2. The Morgan fingerprint density at radius 2 is 0.853 bits per heavy atom. The number of carboxylic acid groups (broad SMARTS) is 2. The number of carbonyl (C=O) groups is 4. The van der Waals surface area contributed by atoms with Crippen LogP contribution in [0.25, 0.3) is 0 Å². The highest BCUT2D eigenvalue weighted by atomic mass is 16.5. The molecule has 0 aliphatic heterocycles. The standard InChI is InChI=1S/C55H53N5O8/c1-59(32-34-67-42-28-24-38(25-29-42)36-48(54(63)64)56-46-20-11-9-18-44(46)52(61)40-14-5-3-6-15-40)50-22-13-23-51(58-50)60(2)33-35-68-43-30-26-39(27-31-43)37-49(55(65)66)57-47-21-12-10-19-45(47)53(62)41-16-7-4-8-17-41/h3-31,48-49,56-57H,32-37H2,1-2H3,(H,63,64)(H,65,66)/t48-,49-/m0/s1. The molecule has 1 aromatic heterocycles. The molecule has 4 N–H and O–H groups in total. The van der Waals surface area contributed by atoms with E-state index in [1.54, 1.807) is 97.1 Å². The van der Waals surface area contributed by atoms with Crippen LogP contribution in [0.5, 0.6) is 11.5 Å². The molecule has 0 amide bonds. The van der Waals surface area contributed by atoms with Crippen molar-refractivity contribution in [3.8, 4) is 11.5 Å². The van der Waals surface area contributed by atoms with E-state index in [4.69, 9.17) is 14.5 Å². The van der Waals surface area contributed by atoms with Crippen LogP contribution in [0, 0.1) is 0 Å². The molecule has 346 valence electrons. The smallest absolute Gasteiger partial charge is 0.326 e. The van der Waals surface area contributed by atoms with Gasteiger partial charge in [0.05, 0.1) is 13.1 Å². The predicted octanol–water partition coefficient (Wildman–Crippen LogP) is 8.79. The van der Waals surface area contributed by atoms with Gasteiger partial charge in [0.2, 0.25) is 0 Å². The van der Waals surface area contributed by atoms with Crippen molar-refractivity contribution >= 4 is 46.5 Å². The van der Waals surface area contributed by atoms with Gasteiger partial charge in [-0.05, 0) is 71.8 Å². The molecule has 0 radical (unpaired) electrons. The molecule has 68 heavy (non-hydrogen) atoms. The largest absolute Gasteiger partial charge is 0.492 e. The summed E-state index contributed by atoms with van der Waals surface area (Å²) in [5.41, 5.74) is 4.35. The summed E-state index contributed by atoms with van der Waals surface area (Å²) >= 11 is 0. The molecule has 1 heterocycles. The van der Waals surface area contributed by atoms with Crippen LogP contribution in [0.2, 0.25) is 0 Å². The van der Waals surface area contributed by atoms with Crippen molar-refractivity contribution in [2.75, 3.05) is 60.8 Å². The average molecular weight is 912 g/mol. The second-order valence-corrected chi connectivity index (χ2v) is 16.1. The van der Waals surface area contributed by atoms with Crippen LogP contribution in [0.3, 0.4) is 0 Å². The third kappa shape index (κ3) is 12.9.